The van der Waals surface area contributed by atoms with E-state index in [9.17, 15) is 10.1 Å². The van der Waals surface area contributed by atoms with Gasteiger partial charge in [-0.1, -0.05) is 0 Å². The molecule has 0 aliphatic carbocycles. The number of hydrogen-bond donors (Lipinski definition) is 1. The molecule has 0 radical (unpaired) electrons. The molecule has 7 heteroatoms. The van der Waals surface area contributed by atoms with Gasteiger partial charge < -0.3 is 5.73 Å². The molecule has 0 unspecified atom stereocenters. The van der Waals surface area contributed by atoms with Gasteiger partial charge in [0.25, 0.3) is 5.69 Å². The van der Waals surface area contributed by atoms with Crippen molar-refractivity contribution in [3.8, 4) is 11.4 Å². The third-order valence-electron chi connectivity index (χ3n) is 2.36. The Hall–Kier alpha value is -2.44. The van der Waals surface area contributed by atoms with Crippen LogP contribution in [0.25, 0.3) is 11.4 Å². The van der Waals surface area contributed by atoms with Crippen molar-refractivity contribution >= 4 is 11.4 Å². The highest BCUT2D eigenvalue weighted by Crippen LogP contribution is 2.28. The molecule has 2 N–H and O–H groups in total. The van der Waals surface area contributed by atoms with Crippen molar-refractivity contribution < 1.29 is 4.92 Å². The van der Waals surface area contributed by atoms with E-state index in [0.29, 0.717) is 22.9 Å². The summed E-state index contributed by atoms with van der Waals surface area (Å²) >= 11 is 0. The molecule has 17 heavy (non-hydrogen) atoms. The molecule has 7 nitrogen and oxygen atoms in total. The van der Waals surface area contributed by atoms with Crippen LogP contribution in [-0.2, 0) is 7.05 Å². The van der Waals surface area contributed by atoms with Gasteiger partial charge in [-0.2, -0.15) is 5.10 Å². The van der Waals surface area contributed by atoms with Crippen LogP contribution < -0.4 is 5.73 Å². The van der Waals surface area contributed by atoms with E-state index < -0.39 is 4.92 Å². The predicted molar refractivity (Wildman–Crippen MR) is 62.2 cm³/mol. The second-order valence-electron chi connectivity index (χ2n) is 3.63. The number of nitro groups is 1. The van der Waals surface area contributed by atoms with Crippen molar-refractivity contribution in [3.63, 3.8) is 0 Å². The van der Waals surface area contributed by atoms with Gasteiger partial charge >= 0.3 is 0 Å². The van der Waals surface area contributed by atoms with E-state index in [4.69, 9.17) is 5.73 Å². The lowest BCUT2D eigenvalue weighted by molar-refractivity contribution is -0.384. The molecular formula is C10H11N5O2. The Morgan fingerprint density at radius 3 is 2.71 bits per heavy atom. The summed E-state index contributed by atoms with van der Waals surface area (Å²) in [6.07, 6.45) is 0. The summed E-state index contributed by atoms with van der Waals surface area (Å²) in [5, 5.41) is 14.8. The summed E-state index contributed by atoms with van der Waals surface area (Å²) in [5.41, 5.74) is 6.73. The van der Waals surface area contributed by atoms with Crippen molar-refractivity contribution in [2.75, 3.05) is 5.73 Å². The van der Waals surface area contributed by atoms with E-state index in [0.717, 1.165) is 0 Å². The quantitative estimate of drug-likeness (QED) is 0.478. The molecule has 0 saturated heterocycles. The molecule has 0 aliphatic rings. The van der Waals surface area contributed by atoms with Gasteiger partial charge in [-0.05, 0) is 13.0 Å². The molecule has 2 aromatic rings. The summed E-state index contributed by atoms with van der Waals surface area (Å²) in [6.45, 7) is 1.75. The number of nitro benzene ring substituents is 1. The zero-order chi connectivity index (χ0) is 12.6. The van der Waals surface area contributed by atoms with Gasteiger partial charge in [-0.3, -0.25) is 10.1 Å². The number of aryl methyl sites for hydroxylation is 2. The topological polar surface area (TPSA) is 99.9 Å². The number of benzene rings is 1. The first-order valence-electron chi connectivity index (χ1n) is 4.91. The fourth-order valence-corrected chi connectivity index (χ4v) is 1.60. The van der Waals surface area contributed by atoms with Gasteiger partial charge in [0.15, 0.2) is 5.82 Å². The van der Waals surface area contributed by atoms with E-state index in [-0.39, 0.29) is 5.69 Å². The SMILES string of the molecule is Cc1nc(-c2cc([N+](=O)[O-])ccc2N)n(C)n1. The lowest BCUT2D eigenvalue weighted by atomic mass is 10.1. The number of aromatic nitrogens is 3. The standard InChI is InChI=1S/C10H11N5O2/c1-6-12-10(14(2)13-6)8-5-7(15(16)17)3-4-9(8)11/h3-5H,11H2,1-2H3. The van der Waals surface area contributed by atoms with Crippen LogP contribution in [0.5, 0.6) is 0 Å². The minimum Gasteiger partial charge on any atom is -0.398 e. The Morgan fingerprint density at radius 2 is 2.18 bits per heavy atom. The molecule has 1 aromatic carbocycles. The first-order valence-corrected chi connectivity index (χ1v) is 4.91. The van der Waals surface area contributed by atoms with Crippen LogP contribution >= 0.6 is 0 Å². The normalized spacial score (nSPS) is 10.5. The van der Waals surface area contributed by atoms with Crippen LogP contribution in [0, 0.1) is 17.0 Å². The monoisotopic (exact) mass is 233 g/mol. The molecule has 1 aromatic heterocycles. The molecule has 2 rings (SSSR count). The molecule has 1 heterocycles. The maximum Gasteiger partial charge on any atom is 0.270 e. The van der Waals surface area contributed by atoms with Crippen molar-refractivity contribution in [1.29, 1.82) is 0 Å². The molecule has 0 spiro atoms. The number of nitrogens with zero attached hydrogens (tertiary/aromatic N) is 4. The summed E-state index contributed by atoms with van der Waals surface area (Å²) in [6, 6.07) is 4.26. The maximum atomic E-state index is 10.7. The highest BCUT2D eigenvalue weighted by atomic mass is 16.6. The number of non-ortho nitro benzene ring substituents is 1. The molecule has 0 atom stereocenters. The molecule has 0 aliphatic heterocycles. The van der Waals surface area contributed by atoms with Crippen molar-refractivity contribution in [3.05, 3.63) is 34.1 Å². The summed E-state index contributed by atoms with van der Waals surface area (Å²) < 4.78 is 1.55. The van der Waals surface area contributed by atoms with Gasteiger partial charge in [-0.15, -0.1) is 0 Å². The van der Waals surface area contributed by atoms with Crippen LogP contribution in [0.3, 0.4) is 0 Å². The Labute approximate surface area is 97.0 Å². The minimum absolute atomic E-state index is 0.0187. The Kier molecular flexibility index (Phi) is 2.51. The molecule has 0 amide bonds. The first-order chi connectivity index (χ1) is 7.99. The van der Waals surface area contributed by atoms with Gasteiger partial charge in [-0.25, -0.2) is 9.67 Å². The van der Waals surface area contributed by atoms with E-state index in [1.165, 1.54) is 18.2 Å². The number of rotatable bonds is 2. The van der Waals surface area contributed by atoms with Crippen LogP contribution in [-0.4, -0.2) is 19.7 Å². The van der Waals surface area contributed by atoms with Crippen LogP contribution in [0.1, 0.15) is 5.82 Å². The highest BCUT2D eigenvalue weighted by Gasteiger charge is 2.15. The van der Waals surface area contributed by atoms with E-state index >= 15 is 0 Å². The maximum absolute atomic E-state index is 10.7. The smallest absolute Gasteiger partial charge is 0.270 e. The van der Waals surface area contributed by atoms with Gasteiger partial charge in [0.1, 0.15) is 5.82 Å². The molecule has 0 saturated carbocycles. The second-order valence-corrected chi connectivity index (χ2v) is 3.63. The second kappa shape index (κ2) is 3.85. The zero-order valence-corrected chi connectivity index (χ0v) is 9.41. The number of nitrogen functional groups attached to an aromatic ring is 1. The van der Waals surface area contributed by atoms with Gasteiger partial charge in [0.2, 0.25) is 0 Å². The van der Waals surface area contributed by atoms with Gasteiger partial charge in [0.05, 0.1) is 4.92 Å². The largest absolute Gasteiger partial charge is 0.398 e. The van der Waals surface area contributed by atoms with Crippen LogP contribution in [0.4, 0.5) is 11.4 Å². The molecule has 0 fully saturated rings. The lowest BCUT2D eigenvalue weighted by Crippen LogP contribution is -1.99. The van der Waals surface area contributed by atoms with Crippen molar-refractivity contribution in [2.45, 2.75) is 6.92 Å². The Balaban J connectivity index is 2.62. The van der Waals surface area contributed by atoms with Crippen molar-refractivity contribution in [2.24, 2.45) is 7.05 Å². The minimum atomic E-state index is -0.466. The number of nitrogens with two attached hydrogens (primary N) is 1. The molecule has 0 bridgehead atoms. The van der Waals surface area contributed by atoms with Crippen molar-refractivity contribution in [1.82, 2.24) is 14.8 Å². The molecule has 88 valence electrons. The number of anilines is 1. The third-order valence-corrected chi connectivity index (χ3v) is 2.36. The fourth-order valence-electron chi connectivity index (χ4n) is 1.60. The lowest BCUT2D eigenvalue weighted by Gasteiger charge is -2.04. The van der Waals surface area contributed by atoms with E-state index in [1.807, 2.05) is 0 Å². The predicted octanol–water partition coefficient (Wildman–Crippen LogP) is 1.28. The Morgan fingerprint density at radius 1 is 1.47 bits per heavy atom. The average molecular weight is 233 g/mol. The highest BCUT2D eigenvalue weighted by molar-refractivity contribution is 5.74. The number of hydrogen-bond acceptors (Lipinski definition) is 5. The van der Waals surface area contributed by atoms with E-state index in [2.05, 4.69) is 10.1 Å². The van der Waals surface area contributed by atoms with E-state index in [1.54, 1.807) is 18.7 Å². The average Bonchev–Trinajstić information content (AvgIpc) is 2.58. The fraction of sp³-hybridized carbons (Fsp3) is 0.200. The van der Waals surface area contributed by atoms with Crippen LogP contribution in [0.2, 0.25) is 0 Å². The summed E-state index contributed by atoms with van der Waals surface area (Å²) in [4.78, 5) is 14.4. The molecular weight excluding hydrogens is 222 g/mol. The first kappa shape index (κ1) is 11.1. The van der Waals surface area contributed by atoms with Gasteiger partial charge in [0, 0.05) is 30.4 Å². The summed E-state index contributed by atoms with van der Waals surface area (Å²) in [7, 11) is 1.72. The third kappa shape index (κ3) is 1.94. The summed E-state index contributed by atoms with van der Waals surface area (Å²) in [5.74, 6) is 1.11. The zero-order valence-electron chi connectivity index (χ0n) is 9.41. The van der Waals surface area contributed by atoms with Crippen LogP contribution in [0.15, 0.2) is 18.2 Å². The Bertz CT molecular complexity index is 590.